The quantitative estimate of drug-likeness (QED) is 0.256. The van der Waals surface area contributed by atoms with Gasteiger partial charge in [-0.05, 0) is 73.6 Å². The maximum absolute atomic E-state index is 12.6. The zero-order valence-electron chi connectivity index (χ0n) is 18.6. The summed E-state index contributed by atoms with van der Waals surface area (Å²) in [5.74, 6) is -1.68. The van der Waals surface area contributed by atoms with E-state index in [1.54, 1.807) is 13.8 Å². The number of carbonyl (C=O) groups excluding carboxylic acids is 3. The number of halogens is 2. The van der Waals surface area contributed by atoms with Crippen LogP contribution in [0.4, 0.5) is 4.79 Å². The lowest BCUT2D eigenvalue weighted by Gasteiger charge is -2.14. The van der Waals surface area contributed by atoms with Crippen LogP contribution in [0.3, 0.4) is 0 Å². The average molecular weight is 560 g/mol. The standard InChI is InChI=1S/C22H19Cl2NO8S2/c1-12(2)32-19(26)11-25-21(27)18(34-22(25)28)10-13-8-16(24)20(17(9-13)31-3)33-35(29,30)15-6-4-14(23)5-7-15/h4-10,12H,11H2,1-3H3/b18-10-. The van der Waals surface area contributed by atoms with E-state index in [2.05, 4.69) is 0 Å². The molecule has 9 nitrogen and oxygen atoms in total. The molecule has 2 aromatic rings. The van der Waals surface area contributed by atoms with Gasteiger partial charge in [-0.2, -0.15) is 8.42 Å². The predicted molar refractivity (Wildman–Crippen MR) is 131 cm³/mol. The number of amides is 2. The molecule has 1 saturated heterocycles. The van der Waals surface area contributed by atoms with E-state index in [1.807, 2.05) is 0 Å². The van der Waals surface area contributed by atoms with Gasteiger partial charge in [-0.15, -0.1) is 0 Å². The Bertz CT molecular complexity index is 1310. The Balaban J connectivity index is 1.86. The normalized spacial score (nSPS) is 15.1. The topological polar surface area (TPSA) is 116 Å². The number of ether oxygens (including phenoxy) is 2. The molecule has 0 spiro atoms. The highest BCUT2D eigenvalue weighted by Crippen LogP contribution is 2.40. The van der Waals surface area contributed by atoms with Crippen LogP contribution in [0, 0.1) is 0 Å². The van der Waals surface area contributed by atoms with Crippen LogP contribution in [0.15, 0.2) is 46.2 Å². The molecule has 3 rings (SSSR count). The summed E-state index contributed by atoms with van der Waals surface area (Å²) in [6, 6.07) is 8.08. The van der Waals surface area contributed by atoms with Crippen molar-refractivity contribution in [2.45, 2.75) is 24.8 Å². The van der Waals surface area contributed by atoms with Crippen molar-refractivity contribution in [3.8, 4) is 11.5 Å². The maximum Gasteiger partial charge on any atom is 0.339 e. The van der Waals surface area contributed by atoms with E-state index in [-0.39, 0.29) is 26.3 Å². The van der Waals surface area contributed by atoms with Crippen LogP contribution in [0.5, 0.6) is 11.5 Å². The lowest BCUT2D eigenvalue weighted by Crippen LogP contribution is -2.35. The fourth-order valence-electron chi connectivity index (χ4n) is 2.88. The summed E-state index contributed by atoms with van der Waals surface area (Å²) in [5.41, 5.74) is 0.332. The Labute approximate surface area is 216 Å². The molecule has 186 valence electrons. The Morgan fingerprint density at radius 3 is 2.40 bits per heavy atom. The fourth-order valence-corrected chi connectivity index (χ4v) is 5.10. The van der Waals surface area contributed by atoms with Gasteiger partial charge in [-0.3, -0.25) is 19.3 Å². The zero-order valence-corrected chi connectivity index (χ0v) is 21.8. The number of methoxy groups -OCH3 is 1. The third kappa shape index (κ3) is 6.49. The molecule has 1 aliphatic rings. The summed E-state index contributed by atoms with van der Waals surface area (Å²) in [6.45, 7) is 2.78. The van der Waals surface area contributed by atoms with Gasteiger partial charge in [-0.25, -0.2) is 0 Å². The molecule has 2 amide bonds. The van der Waals surface area contributed by atoms with Crippen molar-refractivity contribution in [2.75, 3.05) is 13.7 Å². The van der Waals surface area contributed by atoms with Gasteiger partial charge in [0.05, 0.1) is 23.1 Å². The largest absolute Gasteiger partial charge is 0.493 e. The fraction of sp³-hybridized carbons (Fsp3) is 0.227. The molecule has 0 atom stereocenters. The van der Waals surface area contributed by atoms with Crippen molar-refractivity contribution < 1.29 is 36.5 Å². The molecular weight excluding hydrogens is 541 g/mol. The molecular formula is C22H19Cl2NO8S2. The third-order valence-electron chi connectivity index (χ3n) is 4.37. The average Bonchev–Trinajstić information content (AvgIpc) is 3.02. The van der Waals surface area contributed by atoms with E-state index < -0.39 is 39.9 Å². The van der Waals surface area contributed by atoms with Gasteiger partial charge in [-0.1, -0.05) is 23.2 Å². The first-order valence-electron chi connectivity index (χ1n) is 9.93. The van der Waals surface area contributed by atoms with Crippen molar-refractivity contribution in [1.82, 2.24) is 4.90 Å². The monoisotopic (exact) mass is 559 g/mol. The van der Waals surface area contributed by atoms with E-state index in [4.69, 9.17) is 36.9 Å². The highest BCUT2D eigenvalue weighted by Gasteiger charge is 2.37. The lowest BCUT2D eigenvalue weighted by atomic mass is 10.2. The van der Waals surface area contributed by atoms with Gasteiger partial charge in [0.25, 0.3) is 11.1 Å². The van der Waals surface area contributed by atoms with E-state index in [0.717, 1.165) is 4.90 Å². The van der Waals surface area contributed by atoms with E-state index in [9.17, 15) is 22.8 Å². The molecule has 0 bridgehead atoms. The van der Waals surface area contributed by atoms with Crippen LogP contribution in [0.2, 0.25) is 10.0 Å². The summed E-state index contributed by atoms with van der Waals surface area (Å²) in [7, 11) is -2.97. The summed E-state index contributed by atoms with van der Waals surface area (Å²) < 4.78 is 40.7. The number of nitrogens with zero attached hydrogens (tertiary/aromatic N) is 1. The van der Waals surface area contributed by atoms with Crippen LogP contribution in [0.25, 0.3) is 6.08 Å². The Morgan fingerprint density at radius 2 is 1.80 bits per heavy atom. The number of thioether (sulfide) groups is 1. The number of benzene rings is 2. The molecule has 0 saturated carbocycles. The number of imide groups is 1. The molecule has 35 heavy (non-hydrogen) atoms. The Hall–Kier alpha value is -2.73. The summed E-state index contributed by atoms with van der Waals surface area (Å²) in [4.78, 5) is 37.4. The second-order valence-electron chi connectivity index (χ2n) is 7.33. The van der Waals surface area contributed by atoms with Gasteiger partial charge in [0.1, 0.15) is 11.4 Å². The first-order chi connectivity index (χ1) is 16.4. The van der Waals surface area contributed by atoms with Gasteiger partial charge in [0.2, 0.25) is 5.75 Å². The molecule has 1 heterocycles. The Kier molecular flexibility index (Phi) is 8.37. The van der Waals surface area contributed by atoms with Gasteiger partial charge >= 0.3 is 16.1 Å². The SMILES string of the molecule is COc1cc(/C=C2\SC(=O)N(CC(=O)OC(C)C)C2=O)cc(Cl)c1OS(=O)(=O)c1ccc(Cl)cc1. The number of carbonyl (C=O) groups is 3. The van der Waals surface area contributed by atoms with Crippen LogP contribution in [-0.4, -0.2) is 50.2 Å². The van der Waals surface area contributed by atoms with Crippen LogP contribution in [-0.2, 0) is 24.4 Å². The van der Waals surface area contributed by atoms with Crippen molar-refractivity contribution in [3.05, 3.63) is 56.9 Å². The van der Waals surface area contributed by atoms with Gasteiger partial charge in [0.15, 0.2) is 5.75 Å². The number of hydrogen-bond acceptors (Lipinski definition) is 9. The van der Waals surface area contributed by atoms with Crippen molar-refractivity contribution in [2.24, 2.45) is 0 Å². The third-order valence-corrected chi connectivity index (χ3v) is 7.05. The first-order valence-corrected chi connectivity index (χ1v) is 12.9. The highest BCUT2D eigenvalue weighted by molar-refractivity contribution is 8.18. The lowest BCUT2D eigenvalue weighted by molar-refractivity contribution is -0.149. The molecule has 1 aliphatic heterocycles. The van der Waals surface area contributed by atoms with Crippen LogP contribution >= 0.6 is 35.0 Å². The molecule has 13 heteroatoms. The molecule has 2 aromatic carbocycles. The second-order valence-corrected chi connectivity index (χ2v) is 10.7. The Morgan fingerprint density at radius 1 is 1.14 bits per heavy atom. The summed E-state index contributed by atoms with van der Waals surface area (Å²) >= 11 is 12.7. The number of esters is 1. The summed E-state index contributed by atoms with van der Waals surface area (Å²) in [6.07, 6.45) is 0.974. The van der Waals surface area contributed by atoms with Gasteiger partial charge in [0, 0.05) is 5.02 Å². The zero-order chi connectivity index (χ0) is 25.9. The minimum Gasteiger partial charge on any atom is -0.493 e. The van der Waals surface area contributed by atoms with Crippen molar-refractivity contribution >= 4 is 68.3 Å². The van der Waals surface area contributed by atoms with E-state index in [0.29, 0.717) is 22.3 Å². The van der Waals surface area contributed by atoms with E-state index in [1.165, 1.54) is 49.6 Å². The molecule has 0 unspecified atom stereocenters. The second kappa shape index (κ2) is 10.9. The van der Waals surface area contributed by atoms with Crippen molar-refractivity contribution in [3.63, 3.8) is 0 Å². The smallest absolute Gasteiger partial charge is 0.339 e. The highest BCUT2D eigenvalue weighted by atomic mass is 35.5. The minimum atomic E-state index is -4.26. The molecule has 1 fully saturated rings. The van der Waals surface area contributed by atoms with E-state index >= 15 is 0 Å². The molecule has 0 aliphatic carbocycles. The molecule has 0 N–H and O–H groups in total. The van der Waals surface area contributed by atoms with Crippen LogP contribution in [0.1, 0.15) is 19.4 Å². The first kappa shape index (κ1) is 26.9. The predicted octanol–water partition coefficient (Wildman–Crippen LogP) is 4.76. The molecule has 0 radical (unpaired) electrons. The van der Waals surface area contributed by atoms with Crippen LogP contribution < -0.4 is 8.92 Å². The van der Waals surface area contributed by atoms with Gasteiger partial charge < -0.3 is 13.7 Å². The van der Waals surface area contributed by atoms with Crippen molar-refractivity contribution in [1.29, 1.82) is 0 Å². The summed E-state index contributed by atoms with van der Waals surface area (Å²) in [5, 5.41) is -0.396. The molecule has 0 aromatic heterocycles. The number of rotatable bonds is 8. The minimum absolute atomic E-state index is 0.0268. The maximum atomic E-state index is 12.6. The number of hydrogen-bond donors (Lipinski definition) is 0.